The Kier molecular flexibility index (Phi) is 4.46. The van der Waals surface area contributed by atoms with Gasteiger partial charge in [0.1, 0.15) is 0 Å². The zero-order valence-corrected chi connectivity index (χ0v) is 8.97. The summed E-state index contributed by atoms with van der Waals surface area (Å²) < 4.78 is 5.65. The van der Waals surface area contributed by atoms with Crippen LogP contribution < -0.4 is 5.32 Å². The van der Waals surface area contributed by atoms with Gasteiger partial charge in [0.05, 0.1) is 12.7 Å². The van der Waals surface area contributed by atoms with Crippen LogP contribution in [0.4, 0.5) is 0 Å². The lowest BCUT2D eigenvalue weighted by Crippen LogP contribution is -2.39. The van der Waals surface area contributed by atoms with Crippen LogP contribution in [0.3, 0.4) is 0 Å². The quantitative estimate of drug-likeness (QED) is 0.675. The molecule has 2 heteroatoms. The molecule has 0 spiro atoms. The topological polar surface area (TPSA) is 21.3 Å². The van der Waals surface area contributed by atoms with Crippen LogP contribution in [0.15, 0.2) is 11.6 Å². The van der Waals surface area contributed by atoms with Crippen LogP contribution in [0, 0.1) is 5.92 Å². The van der Waals surface area contributed by atoms with Crippen molar-refractivity contribution in [2.75, 3.05) is 19.7 Å². The molecule has 0 aromatic rings. The SMILES string of the molecule is CCC(C)/C=C(/C)C1CNCCO1. The zero-order valence-electron chi connectivity index (χ0n) is 8.97. The molecule has 0 amide bonds. The Bertz CT molecular complexity index is 171. The molecule has 0 aromatic heterocycles. The van der Waals surface area contributed by atoms with Crippen LogP contribution in [-0.4, -0.2) is 25.8 Å². The molecule has 0 aromatic carbocycles. The molecule has 1 rings (SSSR count). The summed E-state index contributed by atoms with van der Waals surface area (Å²) in [5, 5.41) is 3.34. The number of nitrogens with one attached hydrogen (secondary N) is 1. The smallest absolute Gasteiger partial charge is 0.0907 e. The van der Waals surface area contributed by atoms with E-state index in [-0.39, 0.29) is 0 Å². The van der Waals surface area contributed by atoms with Gasteiger partial charge in [0.25, 0.3) is 0 Å². The van der Waals surface area contributed by atoms with E-state index >= 15 is 0 Å². The Labute approximate surface area is 81.4 Å². The molecule has 2 atom stereocenters. The first-order chi connectivity index (χ1) is 6.24. The highest BCUT2D eigenvalue weighted by Crippen LogP contribution is 2.13. The molecule has 1 saturated heterocycles. The summed E-state index contributed by atoms with van der Waals surface area (Å²) in [4.78, 5) is 0. The van der Waals surface area contributed by atoms with E-state index < -0.39 is 0 Å². The largest absolute Gasteiger partial charge is 0.371 e. The van der Waals surface area contributed by atoms with E-state index in [2.05, 4.69) is 32.2 Å². The highest BCUT2D eigenvalue weighted by atomic mass is 16.5. The molecular weight excluding hydrogens is 162 g/mol. The van der Waals surface area contributed by atoms with Crippen LogP contribution in [-0.2, 0) is 4.74 Å². The van der Waals surface area contributed by atoms with Gasteiger partial charge in [0, 0.05) is 13.1 Å². The van der Waals surface area contributed by atoms with E-state index in [1.54, 1.807) is 0 Å². The first kappa shape index (κ1) is 10.7. The predicted molar refractivity (Wildman–Crippen MR) is 55.8 cm³/mol. The lowest BCUT2D eigenvalue weighted by Gasteiger charge is -2.25. The Hall–Kier alpha value is -0.340. The van der Waals surface area contributed by atoms with Crippen molar-refractivity contribution in [2.45, 2.75) is 33.3 Å². The van der Waals surface area contributed by atoms with Crippen molar-refractivity contribution in [3.05, 3.63) is 11.6 Å². The Morgan fingerprint density at radius 2 is 2.46 bits per heavy atom. The average molecular weight is 183 g/mol. The zero-order chi connectivity index (χ0) is 9.68. The van der Waals surface area contributed by atoms with Crippen molar-refractivity contribution in [1.29, 1.82) is 0 Å². The maximum absolute atomic E-state index is 5.65. The molecule has 1 aliphatic rings. The summed E-state index contributed by atoms with van der Waals surface area (Å²) in [5.41, 5.74) is 1.38. The maximum atomic E-state index is 5.65. The van der Waals surface area contributed by atoms with Gasteiger partial charge in [0.15, 0.2) is 0 Å². The number of ether oxygens (including phenoxy) is 1. The molecular formula is C11H21NO. The standard InChI is InChI=1S/C11H21NO/c1-4-9(2)7-10(3)11-8-12-5-6-13-11/h7,9,11-12H,4-6,8H2,1-3H3/b10-7-. The van der Waals surface area contributed by atoms with Crippen molar-refractivity contribution in [2.24, 2.45) is 5.92 Å². The fourth-order valence-corrected chi connectivity index (χ4v) is 1.53. The minimum Gasteiger partial charge on any atom is -0.371 e. The van der Waals surface area contributed by atoms with E-state index in [4.69, 9.17) is 4.74 Å². The second-order valence-electron chi connectivity index (χ2n) is 3.86. The molecule has 1 heterocycles. The minimum absolute atomic E-state index is 0.308. The normalized spacial score (nSPS) is 27.3. The molecule has 1 N–H and O–H groups in total. The van der Waals surface area contributed by atoms with Gasteiger partial charge in [-0.2, -0.15) is 0 Å². The lowest BCUT2D eigenvalue weighted by molar-refractivity contribution is 0.0514. The van der Waals surface area contributed by atoms with Gasteiger partial charge in [0.2, 0.25) is 0 Å². The van der Waals surface area contributed by atoms with Crippen molar-refractivity contribution in [1.82, 2.24) is 5.32 Å². The van der Waals surface area contributed by atoms with E-state index in [9.17, 15) is 0 Å². The molecule has 0 aliphatic carbocycles. The minimum atomic E-state index is 0.308. The van der Waals surface area contributed by atoms with Gasteiger partial charge in [-0.1, -0.05) is 26.3 Å². The number of morpholine rings is 1. The maximum Gasteiger partial charge on any atom is 0.0907 e. The third kappa shape index (κ3) is 3.49. The van der Waals surface area contributed by atoms with Crippen LogP contribution in [0.5, 0.6) is 0 Å². The van der Waals surface area contributed by atoms with Crippen LogP contribution >= 0.6 is 0 Å². The second kappa shape index (κ2) is 5.40. The third-order valence-electron chi connectivity index (χ3n) is 2.63. The Balaban J connectivity index is 2.44. The van der Waals surface area contributed by atoms with Crippen molar-refractivity contribution < 1.29 is 4.74 Å². The van der Waals surface area contributed by atoms with Gasteiger partial charge in [-0.15, -0.1) is 0 Å². The van der Waals surface area contributed by atoms with E-state index in [0.717, 1.165) is 19.7 Å². The van der Waals surface area contributed by atoms with Gasteiger partial charge in [-0.25, -0.2) is 0 Å². The van der Waals surface area contributed by atoms with E-state index in [1.807, 2.05) is 0 Å². The number of hydrogen-bond acceptors (Lipinski definition) is 2. The fourth-order valence-electron chi connectivity index (χ4n) is 1.53. The van der Waals surface area contributed by atoms with E-state index in [0.29, 0.717) is 12.0 Å². The Morgan fingerprint density at radius 1 is 1.69 bits per heavy atom. The highest BCUT2D eigenvalue weighted by molar-refractivity contribution is 5.08. The molecule has 2 unspecified atom stereocenters. The summed E-state index contributed by atoms with van der Waals surface area (Å²) in [6.07, 6.45) is 3.84. The summed E-state index contributed by atoms with van der Waals surface area (Å²) in [6, 6.07) is 0. The summed E-state index contributed by atoms with van der Waals surface area (Å²) in [7, 11) is 0. The van der Waals surface area contributed by atoms with Gasteiger partial charge in [-0.05, 0) is 18.4 Å². The summed E-state index contributed by atoms with van der Waals surface area (Å²) in [6.45, 7) is 9.44. The number of allylic oxidation sites excluding steroid dienone is 1. The lowest BCUT2D eigenvalue weighted by atomic mass is 10.0. The van der Waals surface area contributed by atoms with Gasteiger partial charge < -0.3 is 10.1 Å². The molecule has 0 saturated carbocycles. The van der Waals surface area contributed by atoms with Crippen LogP contribution in [0.25, 0.3) is 0 Å². The van der Waals surface area contributed by atoms with Crippen molar-refractivity contribution in [3.63, 3.8) is 0 Å². The Morgan fingerprint density at radius 3 is 3.00 bits per heavy atom. The summed E-state index contributed by atoms with van der Waals surface area (Å²) in [5.74, 6) is 0.672. The molecule has 0 bridgehead atoms. The molecule has 76 valence electrons. The monoisotopic (exact) mass is 183 g/mol. The molecule has 0 radical (unpaired) electrons. The second-order valence-corrected chi connectivity index (χ2v) is 3.86. The summed E-state index contributed by atoms with van der Waals surface area (Å²) >= 11 is 0. The van der Waals surface area contributed by atoms with Gasteiger partial charge in [-0.3, -0.25) is 0 Å². The average Bonchev–Trinajstić information content (AvgIpc) is 2.19. The fraction of sp³-hybridized carbons (Fsp3) is 0.818. The van der Waals surface area contributed by atoms with Crippen molar-refractivity contribution >= 4 is 0 Å². The molecule has 2 nitrogen and oxygen atoms in total. The number of rotatable bonds is 3. The number of hydrogen-bond donors (Lipinski definition) is 1. The van der Waals surface area contributed by atoms with Gasteiger partial charge >= 0.3 is 0 Å². The van der Waals surface area contributed by atoms with Crippen LogP contribution in [0.1, 0.15) is 27.2 Å². The molecule has 13 heavy (non-hydrogen) atoms. The molecule has 1 fully saturated rings. The predicted octanol–water partition coefficient (Wildman–Crippen LogP) is 1.97. The molecule has 1 aliphatic heterocycles. The van der Waals surface area contributed by atoms with Crippen molar-refractivity contribution in [3.8, 4) is 0 Å². The van der Waals surface area contributed by atoms with Crippen LogP contribution in [0.2, 0.25) is 0 Å². The highest BCUT2D eigenvalue weighted by Gasteiger charge is 2.14. The first-order valence-electron chi connectivity index (χ1n) is 5.24. The third-order valence-corrected chi connectivity index (χ3v) is 2.63. The first-order valence-corrected chi connectivity index (χ1v) is 5.24. The van der Waals surface area contributed by atoms with E-state index in [1.165, 1.54) is 12.0 Å².